The van der Waals surface area contributed by atoms with Crippen molar-refractivity contribution in [3.8, 4) is 0 Å². The van der Waals surface area contributed by atoms with Crippen LogP contribution in [0.25, 0.3) is 0 Å². The Morgan fingerprint density at radius 3 is 2.06 bits per heavy atom. The summed E-state index contributed by atoms with van der Waals surface area (Å²) >= 11 is 5.11. The highest BCUT2D eigenvalue weighted by molar-refractivity contribution is 9.10. The molecule has 0 aromatic heterocycles. The van der Waals surface area contributed by atoms with Gasteiger partial charge in [0.2, 0.25) is 0 Å². The Hall–Kier alpha value is -0.0300. The second kappa shape index (κ2) is 10.1. The summed E-state index contributed by atoms with van der Waals surface area (Å²) in [4.78, 5) is 1.22. The number of hydrogen-bond donors (Lipinski definition) is 0. The second-order valence-electron chi connectivity index (χ2n) is 2.67. The summed E-state index contributed by atoms with van der Waals surface area (Å²) in [6.45, 7) is 4.00. The van der Waals surface area contributed by atoms with Gasteiger partial charge < -0.3 is 9.47 Å². The maximum Gasteiger partial charge on any atom is 0.166 e. The number of ether oxygens (including phenoxy) is 2. The molecule has 0 aliphatic rings. The predicted molar refractivity (Wildman–Crippen MR) is 74.0 cm³/mol. The van der Waals surface area contributed by atoms with E-state index < -0.39 is 0 Å². The van der Waals surface area contributed by atoms with E-state index in [1.807, 2.05) is 26.0 Å². The fourth-order valence-corrected chi connectivity index (χ4v) is 2.12. The van der Waals surface area contributed by atoms with E-state index in [9.17, 15) is 0 Å². The molecule has 0 aliphatic heterocycles. The van der Waals surface area contributed by atoms with Crippen LogP contribution in [0.1, 0.15) is 13.8 Å². The topological polar surface area (TPSA) is 18.5 Å². The predicted octanol–water partition coefficient (Wildman–Crippen LogP) is 4.19. The number of halogens is 1. The van der Waals surface area contributed by atoms with E-state index in [-0.39, 0.29) is 6.29 Å². The summed E-state index contributed by atoms with van der Waals surface area (Å²) in [5, 5.41) is 0. The van der Waals surface area contributed by atoms with Crippen molar-refractivity contribution in [2.24, 2.45) is 0 Å². The van der Waals surface area contributed by atoms with Gasteiger partial charge in [-0.3, -0.25) is 0 Å². The van der Waals surface area contributed by atoms with Gasteiger partial charge in [-0.1, -0.05) is 29.8 Å². The number of benzene rings is 1. The van der Waals surface area contributed by atoms with Gasteiger partial charge in [-0.25, -0.2) is 0 Å². The molecule has 0 fully saturated rings. The lowest BCUT2D eigenvalue weighted by Gasteiger charge is -2.12. The standard InChI is InChI=1S/C10H13BrO2S.C2H6/c1-12-10(13-2)7-14-9-5-3-8(11)4-6-9;1-2/h3-6,10H,7H2,1-2H3;1-2H3. The third-order valence-corrected chi connectivity index (χ3v) is 3.30. The van der Waals surface area contributed by atoms with E-state index >= 15 is 0 Å². The monoisotopic (exact) mass is 306 g/mol. The summed E-state index contributed by atoms with van der Waals surface area (Å²) in [6, 6.07) is 8.18. The zero-order valence-corrected chi connectivity index (χ0v) is 12.6. The Bertz CT molecular complexity index is 260. The molecule has 0 spiro atoms. The van der Waals surface area contributed by atoms with Gasteiger partial charge in [-0.2, -0.15) is 0 Å². The van der Waals surface area contributed by atoms with Gasteiger partial charge in [0.15, 0.2) is 6.29 Å². The molecule has 1 aromatic carbocycles. The highest BCUT2D eigenvalue weighted by Gasteiger charge is 2.05. The van der Waals surface area contributed by atoms with Crippen LogP contribution >= 0.6 is 27.7 Å². The summed E-state index contributed by atoms with van der Waals surface area (Å²) in [5.41, 5.74) is 0. The minimum atomic E-state index is -0.136. The molecule has 0 saturated carbocycles. The highest BCUT2D eigenvalue weighted by Crippen LogP contribution is 2.21. The molecule has 0 bridgehead atoms. The smallest absolute Gasteiger partial charge is 0.166 e. The molecular formula is C12H19BrO2S. The number of rotatable bonds is 5. The van der Waals surface area contributed by atoms with Crippen LogP contribution in [0.4, 0.5) is 0 Å². The van der Waals surface area contributed by atoms with Crippen molar-refractivity contribution in [3.05, 3.63) is 28.7 Å². The molecule has 0 aliphatic carbocycles. The van der Waals surface area contributed by atoms with Gasteiger partial charge >= 0.3 is 0 Å². The van der Waals surface area contributed by atoms with Gasteiger partial charge in [0.05, 0.1) is 0 Å². The van der Waals surface area contributed by atoms with E-state index in [2.05, 4.69) is 28.1 Å². The van der Waals surface area contributed by atoms with Gasteiger partial charge in [0.1, 0.15) is 0 Å². The van der Waals surface area contributed by atoms with Crippen LogP contribution < -0.4 is 0 Å². The Balaban J connectivity index is 0.00000106. The highest BCUT2D eigenvalue weighted by atomic mass is 79.9. The van der Waals surface area contributed by atoms with Crippen molar-refractivity contribution in [2.75, 3.05) is 20.0 Å². The minimum Gasteiger partial charge on any atom is -0.355 e. The Morgan fingerprint density at radius 2 is 1.62 bits per heavy atom. The number of thioether (sulfide) groups is 1. The van der Waals surface area contributed by atoms with Crippen LogP contribution in [0.2, 0.25) is 0 Å². The third-order valence-electron chi connectivity index (χ3n) is 1.73. The zero-order valence-electron chi connectivity index (χ0n) is 10.2. The fourth-order valence-electron chi connectivity index (χ4n) is 0.927. The average Bonchev–Trinajstić information content (AvgIpc) is 2.35. The van der Waals surface area contributed by atoms with E-state index in [0.29, 0.717) is 0 Å². The molecule has 1 rings (SSSR count). The van der Waals surface area contributed by atoms with Crippen molar-refractivity contribution in [1.29, 1.82) is 0 Å². The molecule has 0 heterocycles. The van der Waals surface area contributed by atoms with Crippen LogP contribution in [0.15, 0.2) is 33.6 Å². The molecule has 4 heteroatoms. The van der Waals surface area contributed by atoms with E-state index in [4.69, 9.17) is 9.47 Å². The van der Waals surface area contributed by atoms with Gasteiger partial charge in [0.25, 0.3) is 0 Å². The van der Waals surface area contributed by atoms with Crippen LogP contribution in [0.3, 0.4) is 0 Å². The molecule has 0 unspecified atom stereocenters. The van der Waals surface area contributed by atoms with Crippen LogP contribution in [-0.2, 0) is 9.47 Å². The van der Waals surface area contributed by atoms with Crippen LogP contribution in [-0.4, -0.2) is 26.3 Å². The van der Waals surface area contributed by atoms with Gasteiger partial charge in [-0.05, 0) is 24.3 Å². The SMILES string of the molecule is CC.COC(CSc1ccc(Br)cc1)OC. The largest absolute Gasteiger partial charge is 0.355 e. The second-order valence-corrected chi connectivity index (χ2v) is 4.67. The molecule has 0 N–H and O–H groups in total. The first-order valence-electron chi connectivity index (χ1n) is 5.20. The van der Waals surface area contributed by atoms with E-state index in [0.717, 1.165) is 10.2 Å². The van der Waals surface area contributed by atoms with Crippen molar-refractivity contribution in [2.45, 2.75) is 25.0 Å². The lowest BCUT2D eigenvalue weighted by molar-refractivity contribution is -0.0842. The summed E-state index contributed by atoms with van der Waals surface area (Å²) < 4.78 is 11.3. The van der Waals surface area contributed by atoms with E-state index in [1.54, 1.807) is 26.0 Å². The molecule has 2 nitrogen and oxygen atoms in total. The molecular weight excluding hydrogens is 288 g/mol. The zero-order chi connectivity index (χ0) is 12.4. The average molecular weight is 307 g/mol. The molecule has 0 amide bonds. The van der Waals surface area contributed by atoms with Crippen molar-refractivity contribution in [3.63, 3.8) is 0 Å². The maximum atomic E-state index is 5.09. The summed E-state index contributed by atoms with van der Waals surface area (Å²) in [6.07, 6.45) is -0.136. The Morgan fingerprint density at radius 1 is 1.12 bits per heavy atom. The molecule has 1 aromatic rings. The van der Waals surface area contributed by atoms with Crippen LogP contribution in [0.5, 0.6) is 0 Å². The molecule has 0 radical (unpaired) electrons. The van der Waals surface area contributed by atoms with Crippen LogP contribution in [0, 0.1) is 0 Å². The first kappa shape index (κ1) is 16.0. The first-order chi connectivity index (χ1) is 7.76. The third kappa shape index (κ3) is 6.53. The molecule has 92 valence electrons. The fraction of sp³-hybridized carbons (Fsp3) is 0.500. The number of methoxy groups -OCH3 is 2. The summed E-state index contributed by atoms with van der Waals surface area (Å²) in [7, 11) is 3.30. The molecule has 0 atom stereocenters. The molecule has 16 heavy (non-hydrogen) atoms. The van der Waals surface area contributed by atoms with Crippen molar-refractivity contribution >= 4 is 27.7 Å². The first-order valence-corrected chi connectivity index (χ1v) is 6.98. The summed E-state index contributed by atoms with van der Waals surface area (Å²) in [5.74, 6) is 0.800. The van der Waals surface area contributed by atoms with Gasteiger partial charge in [-0.15, -0.1) is 11.8 Å². The van der Waals surface area contributed by atoms with Gasteiger partial charge in [0, 0.05) is 29.3 Å². The normalized spacial score (nSPS) is 9.88. The Kier molecular flexibility index (Phi) is 10.1. The maximum absolute atomic E-state index is 5.09. The van der Waals surface area contributed by atoms with E-state index in [1.165, 1.54) is 4.90 Å². The lowest BCUT2D eigenvalue weighted by atomic mass is 10.4. The Labute approximate surface area is 111 Å². The quantitative estimate of drug-likeness (QED) is 0.600. The number of hydrogen-bond acceptors (Lipinski definition) is 3. The molecule has 0 saturated heterocycles. The van der Waals surface area contributed by atoms with Crippen molar-refractivity contribution in [1.82, 2.24) is 0 Å². The van der Waals surface area contributed by atoms with Crippen molar-refractivity contribution < 1.29 is 9.47 Å². The minimum absolute atomic E-state index is 0.136. The lowest BCUT2D eigenvalue weighted by Crippen LogP contribution is -2.15.